The summed E-state index contributed by atoms with van der Waals surface area (Å²) in [4.78, 5) is 7.45. The smallest absolute Gasteiger partial charge is 0.120 e. The fourth-order valence-corrected chi connectivity index (χ4v) is 3.11. The van der Waals surface area contributed by atoms with Crippen LogP contribution in [0.5, 0.6) is 0 Å². The van der Waals surface area contributed by atoms with Gasteiger partial charge in [-0.15, -0.1) is 0 Å². The molecular formula is C16H21N3. The molecule has 0 amide bonds. The molecule has 0 bridgehead atoms. The Morgan fingerprint density at radius 1 is 1.21 bits per heavy atom. The lowest BCUT2D eigenvalue weighted by atomic mass is 9.91. The van der Waals surface area contributed by atoms with E-state index in [9.17, 15) is 0 Å². The second-order valence-electron chi connectivity index (χ2n) is 5.35. The number of aromatic nitrogens is 2. The normalized spacial score (nSPS) is 17.7. The summed E-state index contributed by atoms with van der Waals surface area (Å²) in [6.45, 7) is 0.809. The van der Waals surface area contributed by atoms with Crippen molar-refractivity contribution in [3.8, 4) is 0 Å². The Hall–Kier alpha value is -1.61. The van der Waals surface area contributed by atoms with Gasteiger partial charge in [-0.3, -0.25) is 0 Å². The lowest BCUT2D eigenvalue weighted by Crippen LogP contribution is -2.27. The molecule has 2 N–H and O–H groups in total. The highest BCUT2D eigenvalue weighted by Gasteiger charge is 2.25. The molecule has 100 valence electrons. The van der Waals surface area contributed by atoms with Gasteiger partial charge in [-0.1, -0.05) is 43.2 Å². The Labute approximate surface area is 114 Å². The second-order valence-corrected chi connectivity index (χ2v) is 5.35. The van der Waals surface area contributed by atoms with Gasteiger partial charge in [0.15, 0.2) is 0 Å². The average Bonchev–Trinajstić information content (AvgIpc) is 3.13. The molecule has 1 aromatic carbocycles. The van der Waals surface area contributed by atoms with Gasteiger partial charge < -0.3 is 10.3 Å². The van der Waals surface area contributed by atoms with Crippen LogP contribution in [0.1, 0.15) is 43.1 Å². The summed E-state index contributed by atoms with van der Waals surface area (Å²) in [5, 5.41) is 3.69. The van der Waals surface area contributed by atoms with Gasteiger partial charge in [0.05, 0.1) is 6.54 Å². The van der Waals surface area contributed by atoms with Crippen LogP contribution < -0.4 is 5.32 Å². The molecule has 19 heavy (non-hydrogen) atoms. The number of hydrogen-bond acceptors (Lipinski definition) is 2. The van der Waals surface area contributed by atoms with E-state index in [1.54, 1.807) is 0 Å². The highest BCUT2D eigenvalue weighted by atomic mass is 15.0. The molecule has 2 aromatic rings. The number of aromatic amines is 1. The van der Waals surface area contributed by atoms with E-state index in [0.717, 1.165) is 18.3 Å². The molecule has 1 fully saturated rings. The van der Waals surface area contributed by atoms with E-state index >= 15 is 0 Å². The van der Waals surface area contributed by atoms with Crippen molar-refractivity contribution in [3.63, 3.8) is 0 Å². The summed E-state index contributed by atoms with van der Waals surface area (Å²) >= 11 is 0. The largest absolute Gasteiger partial charge is 0.348 e. The molecular weight excluding hydrogens is 234 g/mol. The van der Waals surface area contributed by atoms with Crippen LogP contribution in [0.25, 0.3) is 0 Å². The lowest BCUT2D eigenvalue weighted by Gasteiger charge is -2.25. The standard InChI is InChI=1S/C16H21N3/c1-2-6-13(7-3-1)16(14-8-4-5-9-14)19-12-15-17-10-11-18-15/h1-3,6-7,10-11,14,16,19H,4-5,8-9,12H2,(H,17,18). The molecule has 1 atom stereocenters. The van der Waals surface area contributed by atoms with Gasteiger partial charge in [0.1, 0.15) is 5.82 Å². The van der Waals surface area contributed by atoms with E-state index < -0.39 is 0 Å². The van der Waals surface area contributed by atoms with Gasteiger partial charge in [-0.25, -0.2) is 4.98 Å². The lowest BCUT2D eigenvalue weighted by molar-refractivity contribution is 0.363. The molecule has 0 aliphatic heterocycles. The van der Waals surface area contributed by atoms with Crippen molar-refractivity contribution in [1.82, 2.24) is 15.3 Å². The topological polar surface area (TPSA) is 40.7 Å². The Balaban J connectivity index is 1.72. The predicted octanol–water partition coefficient (Wildman–Crippen LogP) is 3.43. The van der Waals surface area contributed by atoms with E-state index in [0.29, 0.717) is 6.04 Å². The number of imidazole rings is 1. The van der Waals surface area contributed by atoms with Crippen LogP contribution in [0, 0.1) is 5.92 Å². The van der Waals surface area contributed by atoms with Crippen LogP contribution in [0.15, 0.2) is 42.7 Å². The van der Waals surface area contributed by atoms with Crippen molar-refractivity contribution in [3.05, 3.63) is 54.1 Å². The summed E-state index contributed by atoms with van der Waals surface area (Å²) < 4.78 is 0. The minimum Gasteiger partial charge on any atom is -0.348 e. The Kier molecular flexibility index (Phi) is 3.94. The van der Waals surface area contributed by atoms with Crippen LogP contribution in [0.4, 0.5) is 0 Å². The molecule has 1 aromatic heterocycles. The average molecular weight is 255 g/mol. The summed E-state index contributed by atoms with van der Waals surface area (Å²) in [7, 11) is 0. The highest BCUT2D eigenvalue weighted by molar-refractivity contribution is 5.20. The summed E-state index contributed by atoms with van der Waals surface area (Å²) in [5.41, 5.74) is 1.40. The van der Waals surface area contributed by atoms with Crippen LogP contribution in [0.2, 0.25) is 0 Å². The first-order valence-electron chi connectivity index (χ1n) is 7.20. The fourth-order valence-electron chi connectivity index (χ4n) is 3.11. The number of rotatable bonds is 5. The van der Waals surface area contributed by atoms with Crippen LogP contribution >= 0.6 is 0 Å². The van der Waals surface area contributed by atoms with Crippen LogP contribution in [-0.2, 0) is 6.54 Å². The molecule has 3 heteroatoms. The quantitative estimate of drug-likeness (QED) is 0.859. The van der Waals surface area contributed by atoms with E-state index in [-0.39, 0.29) is 0 Å². The molecule has 1 unspecified atom stereocenters. The SMILES string of the molecule is c1ccc(C(NCc2ncc[nH]2)C2CCCC2)cc1. The third-order valence-corrected chi connectivity index (χ3v) is 4.07. The molecule has 1 aliphatic rings. The maximum atomic E-state index is 4.29. The molecule has 3 nitrogen and oxygen atoms in total. The first kappa shape index (κ1) is 12.4. The zero-order chi connectivity index (χ0) is 12.9. The maximum Gasteiger partial charge on any atom is 0.120 e. The Bertz CT molecular complexity index is 472. The van der Waals surface area contributed by atoms with Gasteiger partial charge in [-0.05, 0) is 24.3 Å². The van der Waals surface area contributed by atoms with E-state index in [1.807, 2.05) is 12.4 Å². The van der Waals surface area contributed by atoms with Crippen LogP contribution in [-0.4, -0.2) is 9.97 Å². The predicted molar refractivity (Wildman–Crippen MR) is 76.6 cm³/mol. The van der Waals surface area contributed by atoms with Crippen molar-refractivity contribution < 1.29 is 0 Å². The number of H-pyrrole nitrogens is 1. The van der Waals surface area contributed by atoms with Crippen molar-refractivity contribution in [2.75, 3.05) is 0 Å². The van der Waals surface area contributed by atoms with Gasteiger partial charge in [-0.2, -0.15) is 0 Å². The molecule has 0 saturated heterocycles. The minimum atomic E-state index is 0.453. The zero-order valence-corrected chi connectivity index (χ0v) is 11.2. The zero-order valence-electron chi connectivity index (χ0n) is 11.2. The van der Waals surface area contributed by atoms with Crippen molar-refractivity contribution in [2.45, 2.75) is 38.3 Å². The first-order chi connectivity index (χ1) is 9.43. The number of nitrogens with one attached hydrogen (secondary N) is 2. The number of nitrogens with zero attached hydrogens (tertiary/aromatic N) is 1. The van der Waals surface area contributed by atoms with Gasteiger partial charge in [0.25, 0.3) is 0 Å². The Morgan fingerprint density at radius 3 is 2.68 bits per heavy atom. The molecule has 1 heterocycles. The van der Waals surface area contributed by atoms with Crippen molar-refractivity contribution in [2.24, 2.45) is 5.92 Å². The molecule has 0 radical (unpaired) electrons. The van der Waals surface area contributed by atoms with E-state index in [2.05, 4.69) is 45.6 Å². The van der Waals surface area contributed by atoms with Crippen molar-refractivity contribution >= 4 is 0 Å². The summed E-state index contributed by atoms with van der Waals surface area (Å²) in [6.07, 6.45) is 9.11. The molecule has 3 rings (SSSR count). The van der Waals surface area contributed by atoms with Gasteiger partial charge in [0.2, 0.25) is 0 Å². The minimum absolute atomic E-state index is 0.453. The van der Waals surface area contributed by atoms with E-state index in [1.165, 1.54) is 31.2 Å². The third-order valence-electron chi connectivity index (χ3n) is 4.07. The van der Waals surface area contributed by atoms with Crippen LogP contribution in [0.3, 0.4) is 0 Å². The van der Waals surface area contributed by atoms with E-state index in [4.69, 9.17) is 0 Å². The highest BCUT2D eigenvalue weighted by Crippen LogP contribution is 2.35. The van der Waals surface area contributed by atoms with Gasteiger partial charge >= 0.3 is 0 Å². The third kappa shape index (κ3) is 3.04. The maximum absolute atomic E-state index is 4.29. The fraction of sp³-hybridized carbons (Fsp3) is 0.438. The Morgan fingerprint density at radius 2 is 2.00 bits per heavy atom. The van der Waals surface area contributed by atoms with Gasteiger partial charge in [0, 0.05) is 18.4 Å². The number of benzene rings is 1. The van der Waals surface area contributed by atoms with Crippen molar-refractivity contribution in [1.29, 1.82) is 0 Å². The monoisotopic (exact) mass is 255 g/mol. The first-order valence-corrected chi connectivity index (χ1v) is 7.20. The second kappa shape index (κ2) is 6.02. The number of hydrogen-bond donors (Lipinski definition) is 2. The molecule has 1 saturated carbocycles. The summed E-state index contributed by atoms with van der Waals surface area (Å²) in [6, 6.07) is 11.3. The summed E-state index contributed by atoms with van der Waals surface area (Å²) in [5.74, 6) is 1.77. The molecule has 0 spiro atoms. The molecule has 1 aliphatic carbocycles.